The molecule has 0 saturated carbocycles. The number of nitrogens with zero attached hydrogens (tertiary/aromatic N) is 1. The second-order valence-electron chi connectivity index (χ2n) is 6.70. The van der Waals surface area contributed by atoms with Gasteiger partial charge in [0.15, 0.2) is 4.32 Å². The largest absolute Gasteiger partial charge is 0.423 e. The molecule has 33 heavy (non-hydrogen) atoms. The van der Waals surface area contributed by atoms with Crippen molar-refractivity contribution >= 4 is 98.3 Å². The normalized spacial score (nSPS) is 14.8. The number of thiocarbonyl (C=S) groups is 1. The molecule has 0 unspecified atom stereocenters. The number of amides is 1. The fraction of sp³-hybridized carbons (Fsp3) is 0. The highest BCUT2D eigenvalue weighted by Crippen LogP contribution is 2.38. The molecule has 10 heteroatoms. The maximum Gasteiger partial charge on any atom is 0.345 e. The van der Waals surface area contributed by atoms with Crippen LogP contribution in [0.2, 0.25) is 20.1 Å². The van der Waals surface area contributed by atoms with Gasteiger partial charge in [0, 0.05) is 5.02 Å². The molecule has 3 aromatic rings. The zero-order valence-corrected chi connectivity index (χ0v) is 21.0. The van der Waals surface area contributed by atoms with Gasteiger partial charge < -0.3 is 4.74 Å². The fourth-order valence-corrected chi connectivity index (χ4v) is 4.99. The quantitative estimate of drug-likeness (QED) is 0.142. The third kappa shape index (κ3) is 5.38. The van der Waals surface area contributed by atoms with Crippen LogP contribution in [-0.2, 0) is 4.79 Å². The lowest BCUT2D eigenvalue weighted by Gasteiger charge is -2.15. The van der Waals surface area contributed by atoms with E-state index in [1.54, 1.807) is 54.6 Å². The van der Waals surface area contributed by atoms with Crippen molar-refractivity contribution in [1.82, 2.24) is 0 Å². The average molecular weight is 555 g/mol. The minimum Gasteiger partial charge on any atom is -0.423 e. The number of carbonyl (C=O) groups excluding carboxylic acids is 2. The van der Waals surface area contributed by atoms with Gasteiger partial charge in [-0.3, -0.25) is 9.69 Å². The molecule has 1 fully saturated rings. The van der Waals surface area contributed by atoms with Crippen LogP contribution in [0.15, 0.2) is 65.6 Å². The van der Waals surface area contributed by atoms with Crippen LogP contribution in [0.4, 0.5) is 5.69 Å². The van der Waals surface area contributed by atoms with Crippen molar-refractivity contribution in [2.75, 3.05) is 4.90 Å². The van der Waals surface area contributed by atoms with E-state index in [4.69, 9.17) is 63.4 Å². The molecular weight excluding hydrogens is 544 g/mol. The summed E-state index contributed by atoms with van der Waals surface area (Å²) >= 11 is 30.5. The molecule has 0 aromatic heterocycles. The van der Waals surface area contributed by atoms with Crippen LogP contribution in [0.3, 0.4) is 0 Å². The van der Waals surface area contributed by atoms with Gasteiger partial charge >= 0.3 is 5.97 Å². The Bertz CT molecular complexity index is 1330. The Hall–Kier alpha value is -2.06. The summed E-state index contributed by atoms with van der Waals surface area (Å²) in [6.07, 6.45) is 1.71. The maximum atomic E-state index is 12.9. The first-order valence-corrected chi connectivity index (χ1v) is 12.0. The highest BCUT2D eigenvalue weighted by atomic mass is 35.5. The summed E-state index contributed by atoms with van der Waals surface area (Å²) < 4.78 is 5.75. The van der Waals surface area contributed by atoms with Crippen LogP contribution in [0.1, 0.15) is 15.9 Å². The molecule has 1 saturated heterocycles. The summed E-state index contributed by atoms with van der Waals surface area (Å²) in [6, 6.07) is 16.1. The summed E-state index contributed by atoms with van der Waals surface area (Å²) in [6.45, 7) is 0. The minimum atomic E-state index is -0.605. The van der Waals surface area contributed by atoms with E-state index >= 15 is 0 Å². The number of carbonyl (C=O) groups is 2. The highest BCUT2D eigenvalue weighted by Gasteiger charge is 2.33. The first-order valence-electron chi connectivity index (χ1n) is 9.23. The molecule has 0 N–H and O–H groups in total. The Morgan fingerprint density at radius 2 is 1.64 bits per heavy atom. The van der Waals surface area contributed by atoms with Gasteiger partial charge in [-0.15, -0.1) is 0 Å². The number of rotatable bonds is 4. The molecule has 166 valence electrons. The van der Waals surface area contributed by atoms with E-state index in [-0.39, 0.29) is 16.5 Å². The number of benzene rings is 3. The number of ether oxygens (including phenoxy) is 1. The second kappa shape index (κ2) is 10.1. The molecule has 0 radical (unpaired) electrons. The van der Waals surface area contributed by atoms with E-state index < -0.39 is 5.97 Å². The smallest absolute Gasteiger partial charge is 0.345 e. The van der Waals surface area contributed by atoms with Gasteiger partial charge in [0.05, 0.1) is 31.2 Å². The van der Waals surface area contributed by atoms with Gasteiger partial charge in [-0.05, 0) is 60.2 Å². The van der Waals surface area contributed by atoms with Crippen LogP contribution in [0, 0.1) is 0 Å². The molecule has 1 aliphatic rings. The molecule has 4 nitrogen and oxygen atoms in total. The number of hydrogen-bond acceptors (Lipinski definition) is 5. The van der Waals surface area contributed by atoms with Crippen LogP contribution >= 0.6 is 70.4 Å². The third-order valence-corrected chi connectivity index (χ3v) is 7.08. The number of anilines is 1. The second-order valence-corrected chi connectivity index (χ2v) is 10.0. The lowest BCUT2D eigenvalue weighted by atomic mass is 10.2. The van der Waals surface area contributed by atoms with E-state index in [1.807, 2.05) is 0 Å². The van der Waals surface area contributed by atoms with Crippen LogP contribution in [0.25, 0.3) is 6.08 Å². The molecule has 0 aliphatic carbocycles. The van der Waals surface area contributed by atoms with E-state index in [9.17, 15) is 9.59 Å². The Kier molecular flexibility index (Phi) is 7.34. The molecule has 3 aromatic carbocycles. The Morgan fingerprint density at radius 3 is 2.30 bits per heavy atom. The summed E-state index contributed by atoms with van der Waals surface area (Å²) in [7, 11) is 0. The van der Waals surface area contributed by atoms with Crippen molar-refractivity contribution in [3.63, 3.8) is 0 Å². The monoisotopic (exact) mass is 553 g/mol. The molecule has 1 aliphatic heterocycles. The van der Waals surface area contributed by atoms with Crippen molar-refractivity contribution in [2.45, 2.75) is 0 Å². The van der Waals surface area contributed by atoms with Gasteiger partial charge in [0.2, 0.25) is 0 Å². The van der Waals surface area contributed by atoms with Crippen LogP contribution in [0.5, 0.6) is 5.75 Å². The molecule has 0 atom stereocenters. The number of thioether (sulfide) groups is 1. The molecule has 0 spiro atoms. The topological polar surface area (TPSA) is 46.6 Å². The SMILES string of the molecule is O=C(Oc1ccc(/C=C2/SC(=S)N(c3ccc(Cl)c(Cl)c3)C2=O)cc1)c1ccc(Cl)cc1Cl. The van der Waals surface area contributed by atoms with E-state index in [0.29, 0.717) is 35.7 Å². The van der Waals surface area contributed by atoms with Gasteiger partial charge in [-0.2, -0.15) is 0 Å². The predicted octanol–water partition coefficient (Wildman–Crippen LogP) is 7.93. The van der Waals surface area contributed by atoms with Crippen molar-refractivity contribution in [3.05, 3.63) is 96.8 Å². The zero-order chi connectivity index (χ0) is 23.7. The third-order valence-electron chi connectivity index (χ3n) is 4.49. The Morgan fingerprint density at radius 1 is 0.909 bits per heavy atom. The van der Waals surface area contributed by atoms with E-state index in [0.717, 1.165) is 5.56 Å². The van der Waals surface area contributed by atoms with Crippen molar-refractivity contribution in [2.24, 2.45) is 0 Å². The summed E-state index contributed by atoms with van der Waals surface area (Å²) in [5.41, 5.74) is 1.48. The van der Waals surface area contributed by atoms with Gasteiger partial charge in [0.25, 0.3) is 5.91 Å². The first-order chi connectivity index (χ1) is 15.7. The predicted molar refractivity (Wildman–Crippen MR) is 140 cm³/mol. The maximum absolute atomic E-state index is 12.9. The van der Waals surface area contributed by atoms with E-state index in [1.165, 1.54) is 28.8 Å². The van der Waals surface area contributed by atoms with Gasteiger partial charge in [0.1, 0.15) is 5.75 Å². The minimum absolute atomic E-state index is 0.202. The molecule has 0 bridgehead atoms. The lowest BCUT2D eigenvalue weighted by molar-refractivity contribution is -0.113. The Balaban J connectivity index is 1.49. The molecular formula is C23H11Cl4NO3S2. The Labute approximate surface area is 219 Å². The number of esters is 1. The van der Waals surface area contributed by atoms with Crippen LogP contribution in [-0.4, -0.2) is 16.2 Å². The summed E-state index contributed by atoms with van der Waals surface area (Å²) in [4.78, 5) is 27.1. The van der Waals surface area contributed by atoms with Crippen LogP contribution < -0.4 is 9.64 Å². The summed E-state index contributed by atoms with van der Waals surface area (Å²) in [5.74, 6) is -0.547. The average Bonchev–Trinajstić information content (AvgIpc) is 3.04. The van der Waals surface area contributed by atoms with Crippen molar-refractivity contribution in [3.8, 4) is 5.75 Å². The zero-order valence-electron chi connectivity index (χ0n) is 16.4. The van der Waals surface area contributed by atoms with E-state index in [2.05, 4.69) is 0 Å². The number of halogens is 4. The van der Waals surface area contributed by atoms with Gasteiger partial charge in [-0.1, -0.05) is 82.5 Å². The highest BCUT2D eigenvalue weighted by molar-refractivity contribution is 8.27. The van der Waals surface area contributed by atoms with Gasteiger partial charge in [-0.25, -0.2) is 4.79 Å². The van der Waals surface area contributed by atoms with Crippen molar-refractivity contribution in [1.29, 1.82) is 0 Å². The molecule has 4 rings (SSSR count). The molecule has 1 amide bonds. The summed E-state index contributed by atoms with van der Waals surface area (Å²) in [5, 5.41) is 1.34. The van der Waals surface area contributed by atoms with Crippen molar-refractivity contribution < 1.29 is 14.3 Å². The number of hydrogen-bond donors (Lipinski definition) is 0. The lowest BCUT2D eigenvalue weighted by Crippen LogP contribution is -2.27. The fourth-order valence-electron chi connectivity index (χ4n) is 2.91. The standard InChI is InChI=1S/C23H11Cl4NO3S2/c24-13-3-7-16(18(26)10-13)22(30)31-15-5-1-12(2-6-15)9-20-21(29)28(23(32)33-20)14-4-8-17(25)19(27)11-14/h1-11H/b20-9+. The molecule has 1 heterocycles. The first kappa shape index (κ1) is 24.1.